The third kappa shape index (κ3) is 6.30. The van der Waals surface area contributed by atoms with Crippen molar-refractivity contribution in [3.05, 3.63) is 35.9 Å². The molecule has 0 unspecified atom stereocenters. The van der Waals surface area contributed by atoms with Gasteiger partial charge in [0.25, 0.3) is 0 Å². The number of benzene rings is 1. The van der Waals surface area contributed by atoms with Gasteiger partial charge in [0.1, 0.15) is 12.3 Å². The van der Waals surface area contributed by atoms with Gasteiger partial charge in [-0.3, -0.25) is 14.6 Å². The number of nitrogens with one attached hydrogen (secondary N) is 1. The van der Waals surface area contributed by atoms with Crippen molar-refractivity contribution in [2.24, 2.45) is 16.5 Å². The number of amides is 2. The summed E-state index contributed by atoms with van der Waals surface area (Å²) in [5.74, 6) is -0.587. The molecule has 1 heterocycles. The van der Waals surface area contributed by atoms with Gasteiger partial charge in [0.2, 0.25) is 11.8 Å². The molecule has 0 saturated carbocycles. The van der Waals surface area contributed by atoms with Crippen molar-refractivity contribution in [2.75, 3.05) is 13.1 Å². The number of aldehydes is 1. The van der Waals surface area contributed by atoms with E-state index in [0.29, 0.717) is 45.1 Å². The van der Waals surface area contributed by atoms with Crippen molar-refractivity contribution in [2.45, 2.75) is 57.0 Å². The van der Waals surface area contributed by atoms with Crippen molar-refractivity contribution >= 4 is 24.1 Å². The lowest BCUT2D eigenvalue weighted by Gasteiger charge is -2.28. The Morgan fingerprint density at radius 2 is 2.03 bits per heavy atom. The average molecular weight is 402 g/mol. The highest BCUT2D eigenvalue weighted by Crippen LogP contribution is 2.27. The predicted octanol–water partition coefficient (Wildman–Crippen LogP) is 0.909. The minimum atomic E-state index is -0.620. The molecule has 2 rings (SSSR count). The monoisotopic (exact) mass is 401 g/mol. The Hall–Kier alpha value is -2.90. The van der Waals surface area contributed by atoms with Crippen molar-refractivity contribution in [3.63, 3.8) is 0 Å². The molecule has 158 valence electrons. The van der Waals surface area contributed by atoms with Crippen LogP contribution in [-0.2, 0) is 14.4 Å². The Labute approximate surface area is 171 Å². The fraction of sp³-hybridized carbons (Fsp3) is 0.524. The molecule has 0 aliphatic carbocycles. The van der Waals surface area contributed by atoms with E-state index in [0.717, 1.165) is 12.0 Å². The van der Waals surface area contributed by atoms with Crippen molar-refractivity contribution in [1.29, 1.82) is 0 Å². The van der Waals surface area contributed by atoms with Crippen LogP contribution in [0.25, 0.3) is 0 Å². The van der Waals surface area contributed by atoms with Crippen LogP contribution in [0.4, 0.5) is 0 Å². The van der Waals surface area contributed by atoms with Crippen LogP contribution in [-0.4, -0.2) is 54.1 Å². The van der Waals surface area contributed by atoms with Crippen LogP contribution in [0.1, 0.15) is 50.5 Å². The van der Waals surface area contributed by atoms with E-state index >= 15 is 0 Å². The lowest BCUT2D eigenvalue weighted by molar-refractivity contribution is -0.140. The summed E-state index contributed by atoms with van der Waals surface area (Å²) in [4.78, 5) is 42.8. The van der Waals surface area contributed by atoms with E-state index in [1.165, 1.54) is 0 Å². The van der Waals surface area contributed by atoms with Crippen LogP contribution >= 0.6 is 0 Å². The van der Waals surface area contributed by atoms with Crippen molar-refractivity contribution < 1.29 is 14.4 Å². The average Bonchev–Trinajstić information content (AvgIpc) is 3.21. The van der Waals surface area contributed by atoms with Crippen LogP contribution < -0.4 is 16.8 Å². The molecule has 0 bridgehead atoms. The zero-order chi connectivity index (χ0) is 21.2. The summed E-state index contributed by atoms with van der Waals surface area (Å²) in [5.41, 5.74) is 11.5. The zero-order valence-electron chi connectivity index (χ0n) is 16.9. The lowest BCUT2D eigenvalue weighted by atomic mass is 9.94. The smallest absolute Gasteiger partial charge is 0.243 e. The maximum Gasteiger partial charge on any atom is 0.243 e. The van der Waals surface area contributed by atoms with E-state index < -0.39 is 12.1 Å². The molecule has 8 nitrogen and oxygen atoms in total. The molecule has 1 aromatic rings. The number of carbonyl (C=O) groups excluding carboxylic acids is 3. The van der Waals surface area contributed by atoms with Crippen molar-refractivity contribution in [3.8, 4) is 0 Å². The summed E-state index contributed by atoms with van der Waals surface area (Å²) in [5, 5.41) is 2.77. The fourth-order valence-electron chi connectivity index (χ4n) is 3.71. The van der Waals surface area contributed by atoms with Gasteiger partial charge in [-0.05, 0) is 37.7 Å². The molecule has 0 spiro atoms. The number of hydrogen-bond acceptors (Lipinski definition) is 4. The number of rotatable bonds is 10. The number of hydrogen-bond donors (Lipinski definition) is 3. The molecule has 1 aliphatic rings. The summed E-state index contributed by atoms with van der Waals surface area (Å²) < 4.78 is 0. The first kappa shape index (κ1) is 22.4. The van der Waals surface area contributed by atoms with E-state index in [2.05, 4.69) is 10.3 Å². The lowest BCUT2D eigenvalue weighted by Crippen LogP contribution is -2.50. The molecule has 0 aromatic heterocycles. The van der Waals surface area contributed by atoms with E-state index in [1.54, 1.807) is 4.90 Å². The second-order valence-electron chi connectivity index (χ2n) is 7.26. The summed E-state index contributed by atoms with van der Waals surface area (Å²) in [6, 6.07) is 8.46. The first-order valence-electron chi connectivity index (χ1n) is 10.1. The van der Waals surface area contributed by atoms with Gasteiger partial charge >= 0.3 is 0 Å². The van der Waals surface area contributed by atoms with Gasteiger partial charge in [-0.25, -0.2) is 0 Å². The number of nitrogens with two attached hydrogens (primary N) is 2. The number of likely N-dealkylation sites (tertiary alicyclic amines) is 1. The summed E-state index contributed by atoms with van der Waals surface area (Å²) in [7, 11) is 0. The molecule has 1 aliphatic heterocycles. The summed E-state index contributed by atoms with van der Waals surface area (Å²) >= 11 is 0. The molecule has 3 atom stereocenters. The van der Waals surface area contributed by atoms with E-state index in [9.17, 15) is 14.4 Å². The van der Waals surface area contributed by atoms with Gasteiger partial charge in [-0.2, -0.15) is 0 Å². The molecule has 5 N–H and O–H groups in total. The zero-order valence-corrected chi connectivity index (χ0v) is 16.9. The maximum absolute atomic E-state index is 13.2. The molecule has 29 heavy (non-hydrogen) atoms. The van der Waals surface area contributed by atoms with Crippen LogP contribution in [0.5, 0.6) is 0 Å². The molecule has 1 aromatic carbocycles. The number of carbonyl (C=O) groups is 3. The molecular weight excluding hydrogens is 370 g/mol. The number of nitrogens with zero attached hydrogens (tertiary/aromatic N) is 2. The van der Waals surface area contributed by atoms with Gasteiger partial charge in [0.15, 0.2) is 5.96 Å². The first-order chi connectivity index (χ1) is 14.0. The Morgan fingerprint density at radius 3 is 2.66 bits per heavy atom. The molecule has 2 amide bonds. The second kappa shape index (κ2) is 11.2. The third-order valence-corrected chi connectivity index (χ3v) is 5.21. The topological polar surface area (TPSA) is 131 Å². The van der Waals surface area contributed by atoms with Crippen LogP contribution in [0.3, 0.4) is 0 Å². The second-order valence-corrected chi connectivity index (χ2v) is 7.26. The SMILES string of the molecule is CC[C@@H](C(=O)N1CCC[C@H]1C(=O)N[C@H](C=O)CCCN=C(N)N)c1ccccc1. The number of guanidine groups is 1. The van der Waals surface area contributed by atoms with Gasteiger partial charge in [-0.1, -0.05) is 37.3 Å². The summed E-state index contributed by atoms with van der Waals surface area (Å²) in [6.45, 7) is 2.92. The summed E-state index contributed by atoms with van der Waals surface area (Å²) in [6.07, 6.45) is 3.76. The minimum absolute atomic E-state index is 0.000642. The Bertz CT molecular complexity index is 718. The third-order valence-electron chi connectivity index (χ3n) is 5.21. The normalized spacial score (nSPS) is 18.0. The highest BCUT2D eigenvalue weighted by molar-refractivity contribution is 5.92. The molecule has 0 radical (unpaired) electrons. The van der Waals surface area contributed by atoms with Crippen LogP contribution in [0.15, 0.2) is 35.3 Å². The quantitative estimate of drug-likeness (QED) is 0.232. The van der Waals surface area contributed by atoms with Gasteiger partial charge in [-0.15, -0.1) is 0 Å². The van der Waals surface area contributed by atoms with Gasteiger partial charge in [0, 0.05) is 13.1 Å². The van der Waals surface area contributed by atoms with Crippen LogP contribution in [0.2, 0.25) is 0 Å². The minimum Gasteiger partial charge on any atom is -0.370 e. The number of aliphatic imine (C=N–C) groups is 1. The van der Waals surface area contributed by atoms with E-state index in [-0.39, 0.29) is 23.7 Å². The van der Waals surface area contributed by atoms with E-state index in [4.69, 9.17) is 11.5 Å². The predicted molar refractivity (Wildman–Crippen MR) is 112 cm³/mol. The van der Waals surface area contributed by atoms with Gasteiger partial charge < -0.3 is 26.5 Å². The molecule has 8 heteroatoms. The molecule has 1 fully saturated rings. The standard InChI is InChI=1S/C21H31N5O3/c1-2-17(15-8-4-3-5-9-15)20(29)26-13-7-11-18(26)19(28)25-16(14-27)10-6-12-24-21(22)23/h3-5,8-9,14,16-18H,2,6-7,10-13H2,1H3,(H,25,28)(H4,22,23,24)/t16-,17+,18-/m0/s1. The molecule has 1 saturated heterocycles. The fourth-order valence-corrected chi connectivity index (χ4v) is 3.71. The largest absolute Gasteiger partial charge is 0.370 e. The Morgan fingerprint density at radius 1 is 1.31 bits per heavy atom. The Kier molecular flexibility index (Phi) is 8.64. The molecular formula is C21H31N5O3. The van der Waals surface area contributed by atoms with Crippen molar-refractivity contribution in [1.82, 2.24) is 10.2 Å². The first-order valence-corrected chi connectivity index (χ1v) is 10.1. The highest BCUT2D eigenvalue weighted by Gasteiger charge is 2.37. The maximum atomic E-state index is 13.2. The Balaban J connectivity index is 1.99. The highest BCUT2D eigenvalue weighted by atomic mass is 16.2. The van der Waals surface area contributed by atoms with Gasteiger partial charge in [0.05, 0.1) is 12.0 Å². The van der Waals surface area contributed by atoms with Crippen LogP contribution in [0, 0.1) is 0 Å². The van der Waals surface area contributed by atoms with E-state index in [1.807, 2.05) is 37.3 Å².